The van der Waals surface area contributed by atoms with Crippen molar-refractivity contribution in [1.82, 2.24) is 9.55 Å². The van der Waals surface area contributed by atoms with Gasteiger partial charge >= 0.3 is 5.69 Å². The van der Waals surface area contributed by atoms with Gasteiger partial charge in [0.2, 0.25) is 0 Å². The molecule has 102 valence electrons. The molecule has 0 aromatic carbocycles. The third-order valence-corrected chi connectivity index (χ3v) is 2.57. The molecule has 0 atom stereocenters. The fourth-order valence-electron chi connectivity index (χ4n) is 1.65. The first kappa shape index (κ1) is 14.3. The third kappa shape index (κ3) is 3.36. The molecule has 0 aliphatic carbocycles. The van der Waals surface area contributed by atoms with Crippen molar-refractivity contribution in [3.05, 3.63) is 20.8 Å². The Morgan fingerprint density at radius 3 is 2.72 bits per heavy atom. The molecule has 0 unspecified atom stereocenters. The van der Waals surface area contributed by atoms with Crippen LogP contribution in [0, 0.1) is 0 Å². The maximum Gasteiger partial charge on any atom is 0.330 e. The Bertz CT molecular complexity index is 492. The molecule has 5 N–H and O–H groups in total. The van der Waals surface area contributed by atoms with Gasteiger partial charge in [-0.05, 0) is 19.3 Å². The van der Waals surface area contributed by atoms with Gasteiger partial charge in [0.15, 0.2) is 0 Å². The van der Waals surface area contributed by atoms with Gasteiger partial charge < -0.3 is 16.2 Å². The summed E-state index contributed by atoms with van der Waals surface area (Å²) in [6.45, 7) is 3.03. The molecular weight excluding hydrogens is 236 g/mol. The predicted octanol–water partition coefficient (Wildman–Crippen LogP) is -0.287. The van der Waals surface area contributed by atoms with Crippen molar-refractivity contribution in [2.75, 3.05) is 24.2 Å². The molecule has 1 aromatic heterocycles. The van der Waals surface area contributed by atoms with Crippen molar-refractivity contribution in [2.24, 2.45) is 0 Å². The van der Waals surface area contributed by atoms with Crippen LogP contribution in [0.3, 0.4) is 0 Å². The number of nitrogens with two attached hydrogens (primary N) is 1. The molecule has 0 fully saturated rings. The highest BCUT2D eigenvalue weighted by Crippen LogP contribution is 2.10. The maximum absolute atomic E-state index is 11.6. The van der Waals surface area contributed by atoms with Crippen LogP contribution in [0.2, 0.25) is 0 Å². The zero-order chi connectivity index (χ0) is 13.5. The Morgan fingerprint density at radius 1 is 1.39 bits per heavy atom. The largest absolute Gasteiger partial charge is 0.396 e. The van der Waals surface area contributed by atoms with E-state index in [0.29, 0.717) is 19.5 Å². The van der Waals surface area contributed by atoms with Crippen molar-refractivity contribution < 1.29 is 5.11 Å². The van der Waals surface area contributed by atoms with Crippen molar-refractivity contribution in [1.29, 1.82) is 0 Å². The van der Waals surface area contributed by atoms with E-state index < -0.39 is 11.2 Å². The van der Waals surface area contributed by atoms with Crippen LogP contribution in [0.1, 0.15) is 26.2 Å². The number of aromatic nitrogens is 2. The normalized spacial score (nSPS) is 10.6. The second-order valence-corrected chi connectivity index (χ2v) is 4.03. The lowest BCUT2D eigenvalue weighted by Crippen LogP contribution is -2.34. The van der Waals surface area contributed by atoms with E-state index in [2.05, 4.69) is 10.3 Å². The summed E-state index contributed by atoms with van der Waals surface area (Å²) in [6.07, 6.45) is 2.13. The molecule has 0 aliphatic rings. The number of aliphatic hydroxyl groups is 1. The van der Waals surface area contributed by atoms with Gasteiger partial charge in [0.25, 0.3) is 5.56 Å². The van der Waals surface area contributed by atoms with Crippen LogP contribution in [0.5, 0.6) is 0 Å². The SMILES string of the molecule is CCCn1c(N)c(NCCCCO)c(=O)[nH]c1=O. The number of H-pyrrole nitrogens is 1. The summed E-state index contributed by atoms with van der Waals surface area (Å²) in [5.41, 5.74) is 5.05. The molecular formula is C11H20N4O3. The summed E-state index contributed by atoms with van der Waals surface area (Å²) >= 11 is 0. The summed E-state index contributed by atoms with van der Waals surface area (Å²) in [6, 6.07) is 0. The van der Waals surface area contributed by atoms with E-state index in [0.717, 1.165) is 12.8 Å². The second-order valence-electron chi connectivity index (χ2n) is 4.03. The highest BCUT2D eigenvalue weighted by atomic mass is 16.3. The van der Waals surface area contributed by atoms with Crippen LogP contribution in [-0.4, -0.2) is 27.8 Å². The van der Waals surface area contributed by atoms with Gasteiger partial charge in [-0.25, -0.2) is 4.79 Å². The standard InChI is InChI=1S/C11H20N4O3/c1-2-6-15-9(12)8(10(17)14-11(15)18)13-5-3-4-7-16/h13,16H,2-7,12H2,1H3,(H,14,17,18). The molecule has 0 amide bonds. The Kier molecular flexibility index (Phi) is 5.44. The van der Waals surface area contributed by atoms with Gasteiger partial charge in [0.1, 0.15) is 11.5 Å². The summed E-state index contributed by atoms with van der Waals surface area (Å²) in [7, 11) is 0. The Morgan fingerprint density at radius 2 is 2.11 bits per heavy atom. The predicted molar refractivity (Wildman–Crippen MR) is 70.8 cm³/mol. The number of aliphatic hydroxyl groups excluding tert-OH is 1. The van der Waals surface area contributed by atoms with E-state index in [1.165, 1.54) is 4.57 Å². The summed E-state index contributed by atoms with van der Waals surface area (Å²) < 4.78 is 1.34. The zero-order valence-electron chi connectivity index (χ0n) is 10.5. The van der Waals surface area contributed by atoms with Crippen LogP contribution in [0.4, 0.5) is 11.5 Å². The van der Waals surface area contributed by atoms with E-state index in [9.17, 15) is 9.59 Å². The molecule has 1 rings (SSSR count). The molecule has 0 saturated heterocycles. The Hall–Kier alpha value is -1.76. The number of hydrogen-bond donors (Lipinski definition) is 4. The number of unbranched alkanes of at least 4 members (excludes halogenated alkanes) is 1. The lowest BCUT2D eigenvalue weighted by molar-refractivity contribution is 0.286. The van der Waals surface area contributed by atoms with Crippen molar-refractivity contribution >= 4 is 11.5 Å². The zero-order valence-corrected chi connectivity index (χ0v) is 10.5. The smallest absolute Gasteiger partial charge is 0.330 e. The third-order valence-electron chi connectivity index (χ3n) is 2.57. The first-order valence-electron chi connectivity index (χ1n) is 6.09. The number of aromatic amines is 1. The fourth-order valence-corrected chi connectivity index (χ4v) is 1.65. The van der Waals surface area contributed by atoms with Crippen molar-refractivity contribution in [3.8, 4) is 0 Å². The van der Waals surface area contributed by atoms with E-state index in [1.54, 1.807) is 0 Å². The molecule has 1 heterocycles. The van der Waals surface area contributed by atoms with E-state index in [1.807, 2.05) is 6.92 Å². The second kappa shape index (κ2) is 6.85. The lowest BCUT2D eigenvalue weighted by Gasteiger charge is -2.12. The van der Waals surface area contributed by atoms with Crippen LogP contribution >= 0.6 is 0 Å². The quantitative estimate of drug-likeness (QED) is 0.501. The van der Waals surface area contributed by atoms with Gasteiger partial charge in [0.05, 0.1) is 0 Å². The molecule has 0 spiro atoms. The van der Waals surface area contributed by atoms with Gasteiger partial charge in [-0.15, -0.1) is 0 Å². The summed E-state index contributed by atoms with van der Waals surface area (Å²) in [5, 5.41) is 11.6. The highest BCUT2D eigenvalue weighted by Gasteiger charge is 2.10. The molecule has 0 aliphatic heterocycles. The van der Waals surface area contributed by atoms with Gasteiger partial charge in [-0.3, -0.25) is 14.3 Å². The molecule has 7 heteroatoms. The minimum atomic E-state index is -0.506. The van der Waals surface area contributed by atoms with Gasteiger partial charge in [0, 0.05) is 19.7 Å². The van der Waals surface area contributed by atoms with Crippen LogP contribution in [0.15, 0.2) is 9.59 Å². The number of nitrogen functional groups attached to an aromatic ring is 1. The Labute approximate surface area is 105 Å². The first-order chi connectivity index (χ1) is 8.61. The molecule has 7 nitrogen and oxygen atoms in total. The monoisotopic (exact) mass is 256 g/mol. The van der Waals surface area contributed by atoms with E-state index in [-0.39, 0.29) is 18.1 Å². The average Bonchev–Trinajstić information content (AvgIpc) is 2.33. The van der Waals surface area contributed by atoms with E-state index in [4.69, 9.17) is 10.8 Å². The number of rotatable bonds is 7. The molecule has 0 radical (unpaired) electrons. The molecule has 0 bridgehead atoms. The molecule has 18 heavy (non-hydrogen) atoms. The van der Waals surface area contributed by atoms with E-state index >= 15 is 0 Å². The maximum atomic E-state index is 11.6. The number of anilines is 2. The van der Waals surface area contributed by atoms with Gasteiger partial charge in [-0.1, -0.05) is 6.92 Å². The van der Waals surface area contributed by atoms with Crippen molar-refractivity contribution in [3.63, 3.8) is 0 Å². The van der Waals surface area contributed by atoms with Crippen LogP contribution < -0.4 is 22.3 Å². The summed E-state index contributed by atoms with van der Waals surface area (Å²) in [5.74, 6) is 0.162. The average molecular weight is 256 g/mol. The number of hydrogen-bond acceptors (Lipinski definition) is 5. The Balaban J connectivity index is 2.93. The number of nitrogens with one attached hydrogen (secondary N) is 2. The first-order valence-corrected chi connectivity index (χ1v) is 6.09. The lowest BCUT2D eigenvalue weighted by atomic mass is 10.3. The molecule has 0 saturated carbocycles. The number of nitrogens with zero attached hydrogens (tertiary/aromatic N) is 1. The van der Waals surface area contributed by atoms with Gasteiger partial charge in [-0.2, -0.15) is 0 Å². The minimum absolute atomic E-state index is 0.114. The van der Waals surface area contributed by atoms with Crippen molar-refractivity contribution in [2.45, 2.75) is 32.7 Å². The molecule has 1 aromatic rings. The topological polar surface area (TPSA) is 113 Å². The summed E-state index contributed by atoms with van der Waals surface area (Å²) in [4.78, 5) is 25.4. The van der Waals surface area contributed by atoms with Crippen LogP contribution in [0.25, 0.3) is 0 Å². The fraction of sp³-hybridized carbons (Fsp3) is 0.636. The minimum Gasteiger partial charge on any atom is -0.396 e. The van der Waals surface area contributed by atoms with Crippen LogP contribution in [-0.2, 0) is 6.54 Å². The highest BCUT2D eigenvalue weighted by molar-refractivity contribution is 5.60.